The number of carbonyl (C=O) groups excluding carboxylic acids is 2. The Bertz CT molecular complexity index is 1460. The number of methoxy groups -OCH3 is 1. The summed E-state index contributed by atoms with van der Waals surface area (Å²) >= 11 is 3.04. The van der Waals surface area contributed by atoms with Crippen LogP contribution in [-0.4, -0.2) is 36.3 Å². The van der Waals surface area contributed by atoms with E-state index in [2.05, 4.69) is 28.7 Å². The quantitative estimate of drug-likeness (QED) is 0.195. The van der Waals surface area contributed by atoms with Crippen LogP contribution in [0.5, 0.6) is 17.2 Å². The molecule has 1 heterocycles. The maximum absolute atomic E-state index is 13.0. The third-order valence-electron chi connectivity index (χ3n) is 5.85. The van der Waals surface area contributed by atoms with Gasteiger partial charge in [0.2, 0.25) is 0 Å². The first-order chi connectivity index (χ1) is 18.3. The van der Waals surface area contributed by atoms with Gasteiger partial charge in [0.1, 0.15) is 19.0 Å². The molecule has 0 aromatic heterocycles. The molecule has 0 spiro atoms. The fraction of sp³-hybridized carbons (Fsp3) is 0.207. The zero-order chi connectivity index (χ0) is 27.2. The van der Waals surface area contributed by atoms with Crippen molar-refractivity contribution in [2.24, 2.45) is 0 Å². The first-order valence-electron chi connectivity index (χ1n) is 11.7. The molecule has 1 aliphatic heterocycles. The molecule has 0 N–H and O–H groups in total. The van der Waals surface area contributed by atoms with Gasteiger partial charge < -0.3 is 14.2 Å². The van der Waals surface area contributed by atoms with E-state index in [9.17, 15) is 14.9 Å². The summed E-state index contributed by atoms with van der Waals surface area (Å²) in [6.07, 6.45) is 1.68. The van der Waals surface area contributed by atoms with Crippen molar-refractivity contribution in [1.29, 1.82) is 5.26 Å². The van der Waals surface area contributed by atoms with Crippen LogP contribution in [0.3, 0.4) is 0 Å². The van der Waals surface area contributed by atoms with Crippen molar-refractivity contribution >= 4 is 51.6 Å². The smallest absolute Gasteiger partial charge is 0.293 e. The number of nitrogens with zero attached hydrogens (tertiary/aromatic N) is 2. The predicted octanol–water partition coefficient (Wildman–Crippen LogP) is 6.48. The van der Waals surface area contributed by atoms with Crippen LogP contribution in [0.2, 0.25) is 0 Å². The van der Waals surface area contributed by atoms with Gasteiger partial charge in [0.25, 0.3) is 11.1 Å². The lowest BCUT2D eigenvalue weighted by Crippen LogP contribution is -2.32. The lowest BCUT2D eigenvalue weighted by molar-refractivity contribution is -0.123. The van der Waals surface area contributed by atoms with Crippen LogP contribution in [0.4, 0.5) is 4.79 Å². The topological polar surface area (TPSA) is 88.9 Å². The van der Waals surface area contributed by atoms with Gasteiger partial charge in [-0.25, -0.2) is 0 Å². The molecule has 4 rings (SSSR count). The standard InChI is InChI=1S/C29H25IN2O5S/c1-18-8-9-19(2)24(12-18)36-11-10-32-28(33)26(38-29(32)34)15-20-13-23(30)27(25(14-20)35-3)37-17-22-7-5-4-6-21(22)16-31/h4-9,12-15H,10-11,17H2,1-3H3/b26-15-. The normalized spacial score (nSPS) is 14.1. The van der Waals surface area contributed by atoms with E-state index in [4.69, 9.17) is 14.2 Å². The lowest BCUT2D eigenvalue weighted by atomic mass is 10.1. The first-order valence-corrected chi connectivity index (χ1v) is 13.6. The highest BCUT2D eigenvalue weighted by Crippen LogP contribution is 2.37. The molecule has 0 saturated carbocycles. The van der Waals surface area contributed by atoms with Crippen molar-refractivity contribution in [3.05, 3.63) is 90.9 Å². The Morgan fingerprint density at radius 3 is 2.61 bits per heavy atom. The average Bonchev–Trinajstić information content (AvgIpc) is 3.17. The van der Waals surface area contributed by atoms with Crippen molar-refractivity contribution < 1.29 is 23.8 Å². The zero-order valence-corrected chi connectivity index (χ0v) is 24.1. The summed E-state index contributed by atoms with van der Waals surface area (Å²) in [6, 6.07) is 18.9. The molecule has 3 aromatic rings. The van der Waals surface area contributed by atoms with Crippen LogP contribution >= 0.6 is 34.4 Å². The minimum absolute atomic E-state index is 0.160. The minimum atomic E-state index is -0.355. The zero-order valence-electron chi connectivity index (χ0n) is 21.1. The van der Waals surface area contributed by atoms with Crippen molar-refractivity contribution in [2.45, 2.75) is 20.5 Å². The number of hydrogen-bond acceptors (Lipinski definition) is 7. The van der Waals surface area contributed by atoms with Crippen LogP contribution in [0.25, 0.3) is 6.08 Å². The number of amides is 2. The number of aryl methyl sites for hydroxylation is 2. The van der Waals surface area contributed by atoms with E-state index < -0.39 is 0 Å². The number of imide groups is 1. The van der Waals surface area contributed by atoms with Gasteiger partial charge in [0, 0.05) is 5.56 Å². The Labute approximate surface area is 239 Å². The number of rotatable bonds is 9. The maximum atomic E-state index is 13.0. The van der Waals surface area contributed by atoms with Gasteiger partial charge in [-0.3, -0.25) is 14.5 Å². The fourth-order valence-corrected chi connectivity index (χ4v) is 5.47. The Hall–Kier alpha value is -3.49. The molecule has 7 nitrogen and oxygen atoms in total. The summed E-state index contributed by atoms with van der Waals surface area (Å²) in [5.41, 5.74) is 4.09. The number of ether oxygens (including phenoxy) is 3. The van der Waals surface area contributed by atoms with Crippen LogP contribution < -0.4 is 14.2 Å². The van der Waals surface area contributed by atoms with Crippen LogP contribution in [0.15, 0.2) is 59.5 Å². The highest BCUT2D eigenvalue weighted by Gasteiger charge is 2.35. The summed E-state index contributed by atoms with van der Waals surface area (Å²) in [7, 11) is 1.54. The summed E-state index contributed by atoms with van der Waals surface area (Å²) in [5.74, 6) is 1.41. The summed E-state index contributed by atoms with van der Waals surface area (Å²) < 4.78 is 18.2. The third-order valence-corrected chi connectivity index (χ3v) is 7.56. The molecule has 1 aliphatic rings. The lowest BCUT2D eigenvalue weighted by Gasteiger charge is -2.15. The first kappa shape index (κ1) is 27.5. The monoisotopic (exact) mass is 640 g/mol. The second-order valence-corrected chi connectivity index (χ2v) is 10.7. The Kier molecular flexibility index (Phi) is 8.97. The van der Waals surface area contributed by atoms with E-state index in [0.29, 0.717) is 27.5 Å². The molecule has 9 heteroatoms. The van der Waals surface area contributed by atoms with Crippen molar-refractivity contribution in [2.75, 3.05) is 20.3 Å². The van der Waals surface area contributed by atoms with Crippen molar-refractivity contribution in [3.63, 3.8) is 0 Å². The van der Waals surface area contributed by atoms with E-state index in [1.165, 1.54) is 12.0 Å². The van der Waals surface area contributed by atoms with Crippen molar-refractivity contribution in [3.8, 4) is 23.3 Å². The SMILES string of the molecule is COc1cc(/C=C2\SC(=O)N(CCOc3cc(C)ccc3C)C2=O)cc(I)c1OCc1ccccc1C#N. The molecular weight excluding hydrogens is 615 g/mol. The van der Waals surface area contributed by atoms with Crippen LogP contribution in [-0.2, 0) is 11.4 Å². The minimum Gasteiger partial charge on any atom is -0.493 e. The van der Waals surface area contributed by atoms with E-state index >= 15 is 0 Å². The van der Waals surface area contributed by atoms with Gasteiger partial charge in [0.15, 0.2) is 11.5 Å². The molecule has 38 heavy (non-hydrogen) atoms. The Balaban J connectivity index is 1.46. The maximum Gasteiger partial charge on any atom is 0.293 e. The average molecular weight is 640 g/mol. The molecule has 0 radical (unpaired) electrons. The van der Waals surface area contributed by atoms with E-state index in [-0.39, 0.29) is 30.9 Å². The Morgan fingerprint density at radius 2 is 1.84 bits per heavy atom. The number of halogens is 1. The van der Waals surface area contributed by atoms with Gasteiger partial charge in [-0.2, -0.15) is 5.26 Å². The number of benzene rings is 3. The fourth-order valence-electron chi connectivity index (χ4n) is 3.82. The number of carbonyl (C=O) groups is 2. The largest absolute Gasteiger partial charge is 0.493 e. The molecule has 0 atom stereocenters. The third kappa shape index (κ3) is 6.31. The number of thioether (sulfide) groups is 1. The van der Waals surface area contributed by atoms with Gasteiger partial charge in [0.05, 0.1) is 33.8 Å². The summed E-state index contributed by atoms with van der Waals surface area (Å²) in [6.45, 7) is 4.51. The molecule has 0 unspecified atom stereocenters. The van der Waals surface area contributed by atoms with Gasteiger partial charge in [-0.1, -0.05) is 30.3 Å². The van der Waals surface area contributed by atoms with E-state index in [0.717, 1.165) is 37.8 Å². The van der Waals surface area contributed by atoms with Gasteiger partial charge in [-0.15, -0.1) is 0 Å². The molecule has 0 aliphatic carbocycles. The molecular formula is C29H25IN2O5S. The highest BCUT2D eigenvalue weighted by atomic mass is 127. The van der Waals surface area contributed by atoms with Gasteiger partial charge >= 0.3 is 0 Å². The second-order valence-electron chi connectivity index (χ2n) is 8.54. The summed E-state index contributed by atoms with van der Waals surface area (Å²) in [5, 5.41) is 8.99. The van der Waals surface area contributed by atoms with Gasteiger partial charge in [-0.05, 0) is 95.2 Å². The van der Waals surface area contributed by atoms with Crippen molar-refractivity contribution in [1.82, 2.24) is 4.90 Å². The van der Waals surface area contributed by atoms with Crippen LogP contribution in [0.1, 0.15) is 27.8 Å². The molecule has 1 saturated heterocycles. The Morgan fingerprint density at radius 1 is 1.05 bits per heavy atom. The van der Waals surface area contributed by atoms with E-state index in [1.54, 1.807) is 24.3 Å². The molecule has 3 aromatic carbocycles. The number of nitriles is 1. The molecule has 0 bridgehead atoms. The van der Waals surface area contributed by atoms with Crippen LogP contribution in [0, 0.1) is 28.7 Å². The highest BCUT2D eigenvalue weighted by molar-refractivity contribution is 14.1. The molecule has 2 amide bonds. The predicted molar refractivity (Wildman–Crippen MR) is 155 cm³/mol. The molecule has 194 valence electrons. The van der Waals surface area contributed by atoms with E-state index in [1.807, 2.05) is 50.2 Å². The molecule has 1 fully saturated rings. The number of hydrogen-bond donors (Lipinski definition) is 0. The second kappa shape index (κ2) is 12.4. The summed E-state index contributed by atoms with van der Waals surface area (Å²) in [4.78, 5) is 27.1.